The molecule has 0 amide bonds. The second kappa shape index (κ2) is 8.78. The number of unbranched alkanes of at least 4 members (excludes halogenated alkanes) is 3. The number of carbonyl (C=O) groups is 1. The second-order valence-electron chi connectivity index (χ2n) is 3.69. The Morgan fingerprint density at radius 3 is 2.62 bits per heavy atom. The lowest BCUT2D eigenvalue weighted by Crippen LogP contribution is -2.15. The van der Waals surface area contributed by atoms with Crippen LogP contribution in [0.3, 0.4) is 0 Å². The lowest BCUT2D eigenvalue weighted by molar-refractivity contribution is -0.135. The molecule has 0 spiro atoms. The van der Waals surface area contributed by atoms with Gasteiger partial charge in [0.1, 0.15) is 6.07 Å². The molecule has 0 N–H and O–H groups in total. The van der Waals surface area contributed by atoms with Gasteiger partial charge in [0.15, 0.2) is 5.57 Å². The molecule has 0 heterocycles. The smallest absolute Gasteiger partial charge is 0.350 e. The number of ether oxygens (including phenoxy) is 1. The van der Waals surface area contributed by atoms with Crippen LogP contribution in [0.4, 0.5) is 0 Å². The first-order valence-electron chi connectivity index (χ1n) is 5.56. The van der Waals surface area contributed by atoms with Crippen LogP contribution in [-0.4, -0.2) is 31.6 Å². The van der Waals surface area contributed by atoms with Crippen molar-refractivity contribution < 1.29 is 9.53 Å². The van der Waals surface area contributed by atoms with Gasteiger partial charge in [-0.2, -0.15) is 5.26 Å². The van der Waals surface area contributed by atoms with E-state index in [0.29, 0.717) is 0 Å². The zero-order valence-electron chi connectivity index (χ0n) is 10.3. The first-order chi connectivity index (χ1) is 7.65. The Hall–Kier alpha value is -1.50. The first kappa shape index (κ1) is 14.5. The van der Waals surface area contributed by atoms with E-state index in [1.54, 1.807) is 0 Å². The quantitative estimate of drug-likeness (QED) is 0.287. The summed E-state index contributed by atoms with van der Waals surface area (Å²) < 4.78 is 4.49. The van der Waals surface area contributed by atoms with Gasteiger partial charge in [-0.15, -0.1) is 0 Å². The van der Waals surface area contributed by atoms with E-state index in [-0.39, 0.29) is 5.57 Å². The molecule has 90 valence electrons. The highest BCUT2D eigenvalue weighted by Crippen LogP contribution is 2.03. The summed E-state index contributed by atoms with van der Waals surface area (Å²) >= 11 is 0. The molecular formula is C12H20N2O2. The van der Waals surface area contributed by atoms with Crippen LogP contribution in [0.5, 0.6) is 0 Å². The van der Waals surface area contributed by atoms with E-state index in [4.69, 9.17) is 5.26 Å². The highest BCUT2D eigenvalue weighted by Gasteiger charge is 2.09. The van der Waals surface area contributed by atoms with E-state index in [2.05, 4.69) is 11.7 Å². The molecular weight excluding hydrogens is 204 g/mol. The number of rotatable bonds is 7. The predicted molar refractivity (Wildman–Crippen MR) is 62.5 cm³/mol. The van der Waals surface area contributed by atoms with Crippen LogP contribution in [0, 0.1) is 11.3 Å². The van der Waals surface area contributed by atoms with Gasteiger partial charge in [-0.3, -0.25) is 0 Å². The summed E-state index contributed by atoms with van der Waals surface area (Å²) in [7, 11) is 3.13. The zero-order valence-corrected chi connectivity index (χ0v) is 10.3. The average molecular weight is 224 g/mol. The highest BCUT2D eigenvalue weighted by molar-refractivity contribution is 5.92. The van der Waals surface area contributed by atoms with Gasteiger partial charge in [0.2, 0.25) is 0 Å². The third-order valence-corrected chi connectivity index (χ3v) is 2.24. The van der Waals surface area contributed by atoms with E-state index >= 15 is 0 Å². The maximum Gasteiger partial charge on any atom is 0.350 e. The van der Waals surface area contributed by atoms with Crippen molar-refractivity contribution in [2.24, 2.45) is 0 Å². The lowest BCUT2D eigenvalue weighted by atomic mass is 10.2. The molecule has 0 fully saturated rings. The van der Waals surface area contributed by atoms with Gasteiger partial charge < -0.3 is 9.64 Å². The normalized spacial score (nSPS) is 10.8. The summed E-state index contributed by atoms with van der Waals surface area (Å²) in [6.07, 6.45) is 6.21. The molecule has 4 nitrogen and oxygen atoms in total. The minimum Gasteiger partial charge on any atom is -0.465 e. The Morgan fingerprint density at radius 1 is 1.44 bits per heavy atom. The predicted octanol–water partition coefficient (Wildman–Crippen LogP) is 2.08. The van der Waals surface area contributed by atoms with Crippen molar-refractivity contribution in [3.05, 3.63) is 11.8 Å². The lowest BCUT2D eigenvalue weighted by Gasteiger charge is -2.13. The molecule has 0 saturated heterocycles. The Bertz CT molecular complexity index is 279. The Labute approximate surface area is 97.5 Å². The standard InChI is InChI=1S/C12H20N2O2/c1-4-5-6-7-8-14(2)10-11(9-13)12(15)16-3/h10H,4-8H2,1-3H3/b11-10+. The third-order valence-electron chi connectivity index (χ3n) is 2.24. The van der Waals surface area contributed by atoms with E-state index in [9.17, 15) is 4.79 Å². The van der Waals surface area contributed by atoms with Crippen LogP contribution in [0.15, 0.2) is 11.8 Å². The molecule has 16 heavy (non-hydrogen) atoms. The topological polar surface area (TPSA) is 53.3 Å². The summed E-state index contributed by atoms with van der Waals surface area (Å²) in [4.78, 5) is 13.0. The summed E-state index contributed by atoms with van der Waals surface area (Å²) in [5, 5.41) is 8.74. The van der Waals surface area contributed by atoms with Gasteiger partial charge in [0.25, 0.3) is 0 Å². The number of nitriles is 1. The van der Waals surface area contributed by atoms with Gasteiger partial charge in [-0.25, -0.2) is 4.79 Å². The van der Waals surface area contributed by atoms with Gasteiger partial charge in [-0.05, 0) is 6.42 Å². The van der Waals surface area contributed by atoms with Crippen molar-refractivity contribution in [3.8, 4) is 6.07 Å². The molecule has 0 aromatic heterocycles. The van der Waals surface area contributed by atoms with Crippen LogP contribution in [0.2, 0.25) is 0 Å². The molecule has 0 unspecified atom stereocenters. The summed E-state index contributed by atoms with van der Waals surface area (Å²) in [6.45, 7) is 3.01. The molecule has 0 saturated carbocycles. The molecule has 0 aromatic carbocycles. The summed E-state index contributed by atoms with van der Waals surface area (Å²) in [5.41, 5.74) is 0.0421. The largest absolute Gasteiger partial charge is 0.465 e. The van der Waals surface area contributed by atoms with E-state index < -0.39 is 5.97 Å². The van der Waals surface area contributed by atoms with Gasteiger partial charge in [-0.1, -0.05) is 26.2 Å². The second-order valence-corrected chi connectivity index (χ2v) is 3.69. The van der Waals surface area contributed by atoms with Crippen molar-refractivity contribution in [3.63, 3.8) is 0 Å². The van der Waals surface area contributed by atoms with E-state index in [1.807, 2.05) is 18.0 Å². The number of hydrogen-bond acceptors (Lipinski definition) is 4. The van der Waals surface area contributed by atoms with Crippen LogP contribution in [0.1, 0.15) is 32.6 Å². The molecule has 0 aliphatic heterocycles. The molecule has 0 radical (unpaired) electrons. The van der Waals surface area contributed by atoms with E-state index in [0.717, 1.165) is 13.0 Å². The third kappa shape index (κ3) is 6.07. The Morgan fingerprint density at radius 2 is 2.12 bits per heavy atom. The van der Waals surface area contributed by atoms with Gasteiger partial charge in [0, 0.05) is 19.8 Å². The van der Waals surface area contributed by atoms with Crippen molar-refractivity contribution in [1.29, 1.82) is 5.26 Å². The van der Waals surface area contributed by atoms with Crippen molar-refractivity contribution in [1.82, 2.24) is 4.90 Å². The molecule has 0 atom stereocenters. The fourth-order valence-corrected chi connectivity index (χ4v) is 1.31. The van der Waals surface area contributed by atoms with Crippen LogP contribution < -0.4 is 0 Å². The fourth-order valence-electron chi connectivity index (χ4n) is 1.31. The van der Waals surface area contributed by atoms with E-state index in [1.165, 1.54) is 32.6 Å². The monoisotopic (exact) mass is 224 g/mol. The highest BCUT2D eigenvalue weighted by atomic mass is 16.5. The number of esters is 1. The van der Waals surface area contributed by atoms with Crippen LogP contribution in [-0.2, 0) is 9.53 Å². The average Bonchev–Trinajstić information content (AvgIpc) is 2.30. The summed E-state index contributed by atoms with van der Waals surface area (Å²) in [6, 6.07) is 1.83. The first-order valence-corrected chi connectivity index (χ1v) is 5.56. The van der Waals surface area contributed by atoms with Crippen molar-refractivity contribution in [2.45, 2.75) is 32.6 Å². The minimum atomic E-state index is -0.581. The number of methoxy groups -OCH3 is 1. The Balaban J connectivity index is 4.08. The molecule has 0 aliphatic carbocycles. The molecule has 0 aromatic rings. The SMILES string of the molecule is CCCCCCN(C)/C=C(\C#N)C(=O)OC. The van der Waals surface area contributed by atoms with Crippen LogP contribution in [0.25, 0.3) is 0 Å². The van der Waals surface area contributed by atoms with Crippen LogP contribution >= 0.6 is 0 Å². The van der Waals surface area contributed by atoms with Crippen molar-refractivity contribution >= 4 is 5.97 Å². The minimum absolute atomic E-state index is 0.0421. The molecule has 0 bridgehead atoms. The number of hydrogen-bond donors (Lipinski definition) is 0. The zero-order chi connectivity index (χ0) is 12.4. The van der Waals surface area contributed by atoms with Crippen molar-refractivity contribution in [2.75, 3.05) is 20.7 Å². The maximum absolute atomic E-state index is 11.1. The molecule has 4 heteroatoms. The number of nitrogens with zero attached hydrogens (tertiary/aromatic N) is 2. The maximum atomic E-state index is 11.1. The molecule has 0 rings (SSSR count). The number of carbonyl (C=O) groups excluding carboxylic acids is 1. The molecule has 0 aliphatic rings. The summed E-state index contributed by atoms with van der Waals surface area (Å²) in [5.74, 6) is -0.581. The Kier molecular flexibility index (Phi) is 7.96. The van der Waals surface area contributed by atoms with Gasteiger partial charge >= 0.3 is 5.97 Å². The fraction of sp³-hybridized carbons (Fsp3) is 0.667. The van der Waals surface area contributed by atoms with Gasteiger partial charge in [0.05, 0.1) is 7.11 Å².